The molecule has 0 bridgehead atoms. The Morgan fingerprint density at radius 3 is 2.52 bits per heavy atom. The number of imidazole rings is 1. The molecule has 3 aromatic rings. The summed E-state index contributed by atoms with van der Waals surface area (Å²) in [6, 6.07) is 16.5. The minimum absolute atomic E-state index is 0.0387. The zero-order chi connectivity index (χ0) is 20.1. The molecule has 1 fully saturated rings. The van der Waals surface area contributed by atoms with Crippen LogP contribution in [-0.2, 0) is 4.79 Å². The molecule has 1 aromatic heterocycles. The van der Waals surface area contributed by atoms with Crippen molar-refractivity contribution in [3.63, 3.8) is 0 Å². The van der Waals surface area contributed by atoms with E-state index in [-0.39, 0.29) is 11.7 Å². The fraction of sp³-hybridized carbons (Fsp3) is 0.304. The van der Waals surface area contributed by atoms with Gasteiger partial charge in [0.25, 0.3) is 0 Å². The third-order valence-corrected chi connectivity index (χ3v) is 6.10. The van der Waals surface area contributed by atoms with Crippen LogP contribution in [0.2, 0.25) is 0 Å². The van der Waals surface area contributed by atoms with Gasteiger partial charge in [0.2, 0.25) is 5.91 Å². The maximum Gasteiger partial charge on any atom is 0.230 e. The molecule has 1 N–H and O–H groups in total. The molecule has 1 heterocycles. The van der Waals surface area contributed by atoms with Gasteiger partial charge in [-0.1, -0.05) is 61.4 Å². The summed E-state index contributed by atoms with van der Waals surface area (Å²) in [5, 5.41) is 3.86. The van der Waals surface area contributed by atoms with Crippen molar-refractivity contribution in [2.75, 3.05) is 5.75 Å². The highest BCUT2D eigenvalue weighted by molar-refractivity contribution is 7.99. The summed E-state index contributed by atoms with van der Waals surface area (Å²) in [6.45, 7) is 0. The molecular formula is C23H24FN3OS. The number of nitrogens with zero attached hydrogens (tertiary/aromatic N) is 2. The van der Waals surface area contributed by atoms with Gasteiger partial charge in [0, 0.05) is 23.5 Å². The first-order valence-corrected chi connectivity index (χ1v) is 11.0. The molecule has 1 aliphatic rings. The molecule has 0 spiro atoms. The van der Waals surface area contributed by atoms with Gasteiger partial charge in [-0.05, 0) is 37.1 Å². The highest BCUT2D eigenvalue weighted by Gasteiger charge is 2.17. The number of benzene rings is 2. The largest absolute Gasteiger partial charge is 0.353 e. The lowest BCUT2D eigenvalue weighted by molar-refractivity contribution is -0.119. The van der Waals surface area contributed by atoms with E-state index < -0.39 is 0 Å². The summed E-state index contributed by atoms with van der Waals surface area (Å²) in [4.78, 5) is 17.2. The van der Waals surface area contributed by atoms with Crippen LogP contribution in [0.5, 0.6) is 0 Å². The van der Waals surface area contributed by atoms with E-state index in [1.165, 1.54) is 43.2 Å². The number of carbonyl (C=O) groups is 1. The van der Waals surface area contributed by atoms with Crippen molar-refractivity contribution in [3.8, 4) is 16.9 Å². The molecule has 0 unspecified atom stereocenters. The van der Waals surface area contributed by atoms with Crippen molar-refractivity contribution in [2.45, 2.75) is 43.3 Å². The third-order valence-electron chi connectivity index (χ3n) is 5.15. The van der Waals surface area contributed by atoms with Crippen LogP contribution in [0.25, 0.3) is 16.9 Å². The number of nitrogens with one attached hydrogen (secondary N) is 1. The number of rotatable bonds is 6. The second-order valence-electron chi connectivity index (χ2n) is 7.31. The molecule has 1 saturated carbocycles. The Morgan fingerprint density at radius 1 is 1.07 bits per heavy atom. The van der Waals surface area contributed by atoms with Crippen molar-refractivity contribution >= 4 is 17.7 Å². The predicted molar refractivity (Wildman–Crippen MR) is 115 cm³/mol. The number of amides is 1. The molecule has 1 amide bonds. The number of thioether (sulfide) groups is 1. The zero-order valence-corrected chi connectivity index (χ0v) is 17.0. The Bertz CT molecular complexity index is 950. The summed E-state index contributed by atoms with van der Waals surface area (Å²) in [5.41, 5.74) is 2.64. The number of halogens is 1. The van der Waals surface area contributed by atoms with Gasteiger partial charge in [0.05, 0.1) is 11.4 Å². The van der Waals surface area contributed by atoms with E-state index in [0.717, 1.165) is 29.8 Å². The molecule has 4 nitrogen and oxygen atoms in total. The van der Waals surface area contributed by atoms with Crippen LogP contribution in [0.4, 0.5) is 4.39 Å². The molecule has 6 heteroatoms. The first-order chi connectivity index (χ1) is 14.2. The summed E-state index contributed by atoms with van der Waals surface area (Å²) < 4.78 is 15.3. The molecule has 0 atom stereocenters. The summed E-state index contributed by atoms with van der Waals surface area (Å²) in [6.07, 6.45) is 7.71. The maximum absolute atomic E-state index is 13.4. The van der Waals surface area contributed by atoms with Crippen molar-refractivity contribution in [1.82, 2.24) is 14.9 Å². The Hall–Kier alpha value is -2.60. The minimum atomic E-state index is -0.279. The lowest BCUT2D eigenvalue weighted by Gasteiger charge is -2.22. The second-order valence-corrected chi connectivity index (χ2v) is 8.25. The predicted octanol–water partition coefficient (Wildman–Crippen LogP) is 5.22. The van der Waals surface area contributed by atoms with Gasteiger partial charge in [-0.2, -0.15) is 0 Å². The fourth-order valence-corrected chi connectivity index (χ4v) is 4.45. The van der Waals surface area contributed by atoms with Crippen molar-refractivity contribution in [1.29, 1.82) is 0 Å². The topological polar surface area (TPSA) is 46.9 Å². The number of hydrogen-bond acceptors (Lipinski definition) is 3. The van der Waals surface area contributed by atoms with E-state index in [0.29, 0.717) is 17.0 Å². The van der Waals surface area contributed by atoms with E-state index >= 15 is 0 Å². The van der Waals surface area contributed by atoms with Crippen molar-refractivity contribution in [3.05, 3.63) is 66.6 Å². The molecule has 0 aliphatic heterocycles. The first-order valence-electron chi connectivity index (χ1n) is 10.0. The van der Waals surface area contributed by atoms with Gasteiger partial charge in [0.1, 0.15) is 5.82 Å². The van der Waals surface area contributed by atoms with Crippen LogP contribution in [0, 0.1) is 5.82 Å². The van der Waals surface area contributed by atoms with E-state index in [4.69, 9.17) is 4.98 Å². The minimum Gasteiger partial charge on any atom is -0.353 e. The quantitative estimate of drug-likeness (QED) is 0.568. The van der Waals surface area contributed by atoms with Crippen LogP contribution in [0.3, 0.4) is 0 Å². The maximum atomic E-state index is 13.4. The van der Waals surface area contributed by atoms with Crippen molar-refractivity contribution < 1.29 is 9.18 Å². The van der Waals surface area contributed by atoms with Crippen LogP contribution >= 0.6 is 11.8 Å². The van der Waals surface area contributed by atoms with Gasteiger partial charge in [-0.3, -0.25) is 9.36 Å². The molecule has 29 heavy (non-hydrogen) atoms. The summed E-state index contributed by atoms with van der Waals surface area (Å²) in [5.74, 6) is 0.0678. The van der Waals surface area contributed by atoms with E-state index in [1.54, 1.807) is 12.1 Å². The summed E-state index contributed by atoms with van der Waals surface area (Å²) >= 11 is 1.40. The van der Waals surface area contributed by atoms with Crippen LogP contribution in [0.15, 0.2) is 66.0 Å². The third kappa shape index (κ3) is 5.07. The Labute approximate surface area is 174 Å². The molecule has 0 saturated heterocycles. The number of aromatic nitrogens is 2. The second kappa shape index (κ2) is 9.27. The lowest BCUT2D eigenvalue weighted by atomic mass is 9.95. The zero-order valence-electron chi connectivity index (χ0n) is 16.2. The van der Waals surface area contributed by atoms with Gasteiger partial charge in [-0.25, -0.2) is 9.37 Å². The Kier molecular flexibility index (Phi) is 6.30. The smallest absolute Gasteiger partial charge is 0.230 e. The fourth-order valence-electron chi connectivity index (χ4n) is 3.65. The normalized spacial score (nSPS) is 14.7. The van der Waals surface area contributed by atoms with Gasteiger partial charge >= 0.3 is 0 Å². The van der Waals surface area contributed by atoms with E-state index in [2.05, 4.69) is 5.32 Å². The van der Waals surface area contributed by atoms with Crippen LogP contribution in [0.1, 0.15) is 32.1 Å². The van der Waals surface area contributed by atoms with Crippen LogP contribution < -0.4 is 5.32 Å². The monoisotopic (exact) mass is 409 g/mol. The van der Waals surface area contributed by atoms with E-state index in [1.807, 2.05) is 41.1 Å². The van der Waals surface area contributed by atoms with Crippen LogP contribution in [-0.4, -0.2) is 27.3 Å². The average Bonchev–Trinajstić information content (AvgIpc) is 3.18. The molecule has 0 radical (unpaired) electrons. The van der Waals surface area contributed by atoms with E-state index in [9.17, 15) is 9.18 Å². The highest BCUT2D eigenvalue weighted by Crippen LogP contribution is 2.27. The average molecular weight is 410 g/mol. The lowest BCUT2D eigenvalue weighted by Crippen LogP contribution is -2.37. The highest BCUT2D eigenvalue weighted by atomic mass is 32.2. The van der Waals surface area contributed by atoms with Gasteiger partial charge < -0.3 is 5.32 Å². The molecule has 2 aromatic carbocycles. The number of hydrogen-bond donors (Lipinski definition) is 1. The Morgan fingerprint density at radius 2 is 1.79 bits per heavy atom. The molecule has 4 rings (SSSR count). The van der Waals surface area contributed by atoms with Gasteiger partial charge in [0.15, 0.2) is 5.16 Å². The molecule has 150 valence electrons. The first kappa shape index (κ1) is 19.7. The SMILES string of the molecule is O=C(CSc1nc(-c2ccccc2)cn1-c1ccc(F)cc1)NC1CCCCC1. The van der Waals surface area contributed by atoms with Crippen molar-refractivity contribution in [2.24, 2.45) is 0 Å². The summed E-state index contributed by atoms with van der Waals surface area (Å²) in [7, 11) is 0. The molecular weight excluding hydrogens is 385 g/mol. The molecule has 1 aliphatic carbocycles. The number of carbonyl (C=O) groups excluding carboxylic acids is 1. The Balaban J connectivity index is 1.53. The van der Waals surface area contributed by atoms with Gasteiger partial charge in [-0.15, -0.1) is 0 Å². The standard InChI is InChI=1S/C23H24FN3OS/c24-18-11-13-20(14-12-18)27-15-21(17-7-3-1-4-8-17)26-23(27)29-16-22(28)25-19-9-5-2-6-10-19/h1,3-4,7-8,11-15,19H,2,5-6,9-10,16H2,(H,25,28).